The Hall–Kier alpha value is -2.48. The van der Waals surface area contributed by atoms with E-state index in [0.717, 1.165) is 37.0 Å². The first-order valence-electron chi connectivity index (χ1n) is 12.1. The Morgan fingerprint density at radius 3 is 2.43 bits per heavy atom. The van der Waals surface area contributed by atoms with E-state index in [1.165, 1.54) is 0 Å². The minimum absolute atomic E-state index is 0.0545. The maximum Gasteiger partial charge on any atom is 0.253 e. The predicted octanol–water partition coefficient (Wildman–Crippen LogP) is 4.36. The SMILES string of the molecule is O=C(NCc1ccc2c(c1)OCO2)[C@@H](C1CCCC1)N1CCN(C(=O)c2ccc(Cl)c(Cl)c2)CC1. The van der Waals surface area contributed by atoms with Crippen molar-refractivity contribution in [1.29, 1.82) is 0 Å². The second-order valence-corrected chi connectivity index (χ2v) is 10.2. The first-order chi connectivity index (χ1) is 17.0. The number of carbonyl (C=O) groups is 2. The molecule has 0 aromatic heterocycles. The van der Waals surface area contributed by atoms with Crippen LogP contribution in [0.1, 0.15) is 41.6 Å². The van der Waals surface area contributed by atoms with E-state index < -0.39 is 0 Å². The van der Waals surface area contributed by atoms with Crippen molar-refractivity contribution in [3.05, 3.63) is 57.6 Å². The molecule has 1 saturated carbocycles. The van der Waals surface area contributed by atoms with E-state index in [2.05, 4.69) is 10.2 Å². The summed E-state index contributed by atoms with van der Waals surface area (Å²) in [4.78, 5) is 30.5. The molecule has 0 spiro atoms. The van der Waals surface area contributed by atoms with E-state index in [9.17, 15) is 9.59 Å². The number of fused-ring (bicyclic) bond motifs is 1. The van der Waals surface area contributed by atoms with Crippen LogP contribution in [0.3, 0.4) is 0 Å². The van der Waals surface area contributed by atoms with Gasteiger partial charge in [0.25, 0.3) is 5.91 Å². The highest BCUT2D eigenvalue weighted by atomic mass is 35.5. The number of halogens is 2. The summed E-state index contributed by atoms with van der Waals surface area (Å²) < 4.78 is 10.8. The highest BCUT2D eigenvalue weighted by molar-refractivity contribution is 6.42. The lowest BCUT2D eigenvalue weighted by molar-refractivity contribution is -0.129. The monoisotopic (exact) mass is 517 g/mol. The normalized spacial score (nSPS) is 19.1. The van der Waals surface area contributed by atoms with Gasteiger partial charge in [0.15, 0.2) is 11.5 Å². The Balaban J connectivity index is 1.22. The van der Waals surface area contributed by atoms with Crippen LogP contribution >= 0.6 is 23.2 Å². The van der Waals surface area contributed by atoms with Crippen LogP contribution in [-0.4, -0.2) is 60.6 Å². The van der Waals surface area contributed by atoms with Crippen molar-refractivity contribution in [2.75, 3.05) is 33.0 Å². The van der Waals surface area contributed by atoms with E-state index in [0.29, 0.717) is 60.0 Å². The van der Waals surface area contributed by atoms with Crippen LogP contribution in [0.25, 0.3) is 0 Å². The summed E-state index contributed by atoms with van der Waals surface area (Å²) in [5.74, 6) is 1.78. The molecule has 2 heterocycles. The van der Waals surface area contributed by atoms with Crippen LogP contribution in [0, 0.1) is 5.92 Å². The zero-order valence-corrected chi connectivity index (χ0v) is 21.0. The Morgan fingerprint density at radius 2 is 1.69 bits per heavy atom. The highest BCUT2D eigenvalue weighted by Crippen LogP contribution is 2.33. The van der Waals surface area contributed by atoms with E-state index in [-0.39, 0.29) is 24.6 Å². The van der Waals surface area contributed by atoms with Crippen molar-refractivity contribution in [2.45, 2.75) is 38.3 Å². The average Bonchev–Trinajstić information content (AvgIpc) is 3.57. The van der Waals surface area contributed by atoms with Gasteiger partial charge in [-0.1, -0.05) is 42.1 Å². The molecule has 0 bridgehead atoms. The lowest BCUT2D eigenvalue weighted by Crippen LogP contribution is -2.57. The third-order valence-electron chi connectivity index (χ3n) is 7.18. The summed E-state index contributed by atoms with van der Waals surface area (Å²) in [6, 6.07) is 10.5. The molecule has 186 valence electrons. The third kappa shape index (κ3) is 5.37. The van der Waals surface area contributed by atoms with E-state index in [1.807, 2.05) is 23.1 Å². The fourth-order valence-corrected chi connectivity index (χ4v) is 5.61. The zero-order valence-electron chi connectivity index (χ0n) is 19.5. The molecule has 1 atom stereocenters. The molecule has 7 nitrogen and oxygen atoms in total. The van der Waals surface area contributed by atoms with Crippen molar-refractivity contribution in [2.24, 2.45) is 5.92 Å². The number of nitrogens with zero attached hydrogens (tertiary/aromatic N) is 2. The molecule has 1 N–H and O–H groups in total. The first-order valence-corrected chi connectivity index (χ1v) is 12.9. The summed E-state index contributed by atoms with van der Waals surface area (Å²) in [5.41, 5.74) is 1.51. The summed E-state index contributed by atoms with van der Waals surface area (Å²) in [6.45, 7) is 3.12. The Kier molecular flexibility index (Phi) is 7.37. The third-order valence-corrected chi connectivity index (χ3v) is 7.92. The first kappa shape index (κ1) is 24.2. The number of benzene rings is 2. The van der Waals surface area contributed by atoms with Crippen LogP contribution < -0.4 is 14.8 Å². The molecule has 2 aliphatic heterocycles. The maximum absolute atomic E-state index is 13.4. The van der Waals surface area contributed by atoms with E-state index >= 15 is 0 Å². The lowest BCUT2D eigenvalue weighted by Gasteiger charge is -2.40. The molecule has 0 radical (unpaired) electrons. The zero-order chi connectivity index (χ0) is 24.4. The van der Waals surface area contributed by atoms with Crippen LogP contribution in [0.15, 0.2) is 36.4 Å². The number of piperazine rings is 1. The molecule has 0 unspecified atom stereocenters. The quantitative estimate of drug-likeness (QED) is 0.616. The second kappa shape index (κ2) is 10.6. The summed E-state index contributed by atoms with van der Waals surface area (Å²) in [7, 11) is 0. The number of amides is 2. The fourth-order valence-electron chi connectivity index (χ4n) is 5.31. The van der Waals surface area contributed by atoms with Crippen LogP contribution in [0.4, 0.5) is 0 Å². The lowest BCUT2D eigenvalue weighted by atomic mass is 9.94. The van der Waals surface area contributed by atoms with Gasteiger partial charge in [-0.15, -0.1) is 0 Å². The van der Waals surface area contributed by atoms with Crippen LogP contribution in [-0.2, 0) is 11.3 Å². The van der Waals surface area contributed by atoms with Crippen molar-refractivity contribution in [1.82, 2.24) is 15.1 Å². The summed E-state index contributed by atoms with van der Waals surface area (Å²) in [6.07, 6.45) is 4.44. The second-order valence-electron chi connectivity index (χ2n) is 9.35. The molecule has 1 aliphatic carbocycles. The number of nitrogens with one attached hydrogen (secondary N) is 1. The summed E-state index contributed by atoms with van der Waals surface area (Å²) in [5, 5.41) is 3.95. The van der Waals surface area contributed by atoms with Gasteiger partial charge in [-0.2, -0.15) is 0 Å². The van der Waals surface area contributed by atoms with Crippen LogP contribution in [0.2, 0.25) is 10.0 Å². The molecule has 2 aromatic carbocycles. The van der Waals surface area contributed by atoms with Gasteiger partial charge in [-0.25, -0.2) is 0 Å². The summed E-state index contributed by atoms with van der Waals surface area (Å²) >= 11 is 12.1. The Morgan fingerprint density at radius 1 is 0.943 bits per heavy atom. The molecule has 35 heavy (non-hydrogen) atoms. The number of rotatable bonds is 6. The van der Waals surface area contributed by atoms with Crippen LogP contribution in [0.5, 0.6) is 11.5 Å². The molecule has 3 aliphatic rings. The predicted molar refractivity (Wildman–Crippen MR) is 134 cm³/mol. The van der Waals surface area contributed by atoms with Gasteiger partial charge in [0, 0.05) is 38.3 Å². The van der Waals surface area contributed by atoms with Gasteiger partial charge < -0.3 is 19.7 Å². The number of hydrogen-bond acceptors (Lipinski definition) is 5. The minimum atomic E-state index is -0.186. The Labute approximate surface area is 215 Å². The van der Waals surface area contributed by atoms with Crippen molar-refractivity contribution in [3.8, 4) is 11.5 Å². The molecule has 2 aromatic rings. The van der Waals surface area contributed by atoms with Crippen molar-refractivity contribution < 1.29 is 19.1 Å². The van der Waals surface area contributed by atoms with E-state index in [1.54, 1.807) is 18.2 Å². The number of ether oxygens (including phenoxy) is 2. The molecule has 9 heteroatoms. The van der Waals surface area contributed by atoms with Gasteiger partial charge in [0.05, 0.1) is 16.1 Å². The van der Waals surface area contributed by atoms with Gasteiger partial charge >= 0.3 is 0 Å². The number of carbonyl (C=O) groups excluding carboxylic acids is 2. The van der Waals surface area contributed by atoms with E-state index in [4.69, 9.17) is 32.7 Å². The molecule has 5 rings (SSSR count). The van der Waals surface area contributed by atoms with Gasteiger partial charge in [-0.05, 0) is 54.7 Å². The standard InChI is InChI=1S/C26H29Cl2N3O4/c27-20-7-6-19(14-21(20)28)26(33)31-11-9-30(10-12-31)24(18-3-1-2-4-18)25(32)29-15-17-5-8-22-23(13-17)35-16-34-22/h5-8,13-14,18,24H,1-4,9-12,15-16H2,(H,29,32)/t24-/m1/s1. The molecule has 2 amide bonds. The highest BCUT2D eigenvalue weighted by Gasteiger charge is 2.37. The van der Waals surface area contributed by atoms with Gasteiger partial charge in [-0.3, -0.25) is 14.5 Å². The van der Waals surface area contributed by atoms with Gasteiger partial charge in [0.2, 0.25) is 12.7 Å². The van der Waals surface area contributed by atoms with Gasteiger partial charge in [0.1, 0.15) is 0 Å². The molecular formula is C26H29Cl2N3O4. The van der Waals surface area contributed by atoms with Crippen molar-refractivity contribution >= 4 is 35.0 Å². The maximum atomic E-state index is 13.4. The number of hydrogen-bond donors (Lipinski definition) is 1. The molecule has 2 fully saturated rings. The van der Waals surface area contributed by atoms with Crippen molar-refractivity contribution in [3.63, 3.8) is 0 Å². The molecule has 1 saturated heterocycles. The average molecular weight is 518 g/mol. The fraction of sp³-hybridized carbons (Fsp3) is 0.462. The largest absolute Gasteiger partial charge is 0.454 e. The minimum Gasteiger partial charge on any atom is -0.454 e. The topological polar surface area (TPSA) is 71.1 Å². The Bertz CT molecular complexity index is 1100. The smallest absolute Gasteiger partial charge is 0.253 e. The molecular weight excluding hydrogens is 489 g/mol.